The van der Waals surface area contributed by atoms with Crippen molar-refractivity contribution in [3.8, 4) is 11.8 Å². The number of pyridine rings is 1. The topological polar surface area (TPSA) is 118 Å². The molecule has 1 amide bonds. The molecule has 0 bridgehead atoms. The van der Waals surface area contributed by atoms with Crippen LogP contribution in [0.1, 0.15) is 24.5 Å². The molecule has 2 N–H and O–H groups in total. The second kappa shape index (κ2) is 15.8. The van der Waals surface area contributed by atoms with E-state index in [1.165, 1.54) is 12.3 Å². The zero-order valence-electron chi connectivity index (χ0n) is 25.0. The van der Waals surface area contributed by atoms with Crippen LogP contribution in [0.3, 0.4) is 0 Å². The minimum atomic E-state index is -0.307. The van der Waals surface area contributed by atoms with Gasteiger partial charge in [0.25, 0.3) is 0 Å². The monoisotopic (exact) mass is 585 g/mol. The summed E-state index contributed by atoms with van der Waals surface area (Å²) in [6.45, 7) is 10.2. The summed E-state index contributed by atoms with van der Waals surface area (Å²) in [6, 6.07) is 13.6. The minimum Gasteiger partial charge on any atom is -0.486 e. The maximum absolute atomic E-state index is 13.1. The minimum absolute atomic E-state index is 0.139. The van der Waals surface area contributed by atoms with Crippen LogP contribution in [0.4, 0.5) is 17.1 Å². The Labute approximate surface area is 252 Å². The maximum Gasteiger partial charge on any atom is 0.248 e. The number of nitrogens with zero attached hydrogens (tertiary/aromatic N) is 3. The van der Waals surface area contributed by atoms with Gasteiger partial charge in [-0.25, -0.2) is 0 Å². The van der Waals surface area contributed by atoms with E-state index in [1.807, 2.05) is 37.3 Å². The Bertz CT molecular complexity index is 1490. The highest BCUT2D eigenvalue weighted by Gasteiger charge is 2.21. The predicted octanol–water partition coefficient (Wildman–Crippen LogP) is 5.14. The van der Waals surface area contributed by atoms with Gasteiger partial charge < -0.3 is 29.6 Å². The Morgan fingerprint density at radius 1 is 1.23 bits per heavy atom. The van der Waals surface area contributed by atoms with Gasteiger partial charge in [-0.15, -0.1) is 0 Å². The van der Waals surface area contributed by atoms with Crippen molar-refractivity contribution in [2.75, 3.05) is 70.9 Å². The molecule has 10 heteroatoms. The normalized spacial score (nSPS) is 14.7. The highest BCUT2D eigenvalue weighted by Crippen LogP contribution is 2.37. The van der Waals surface area contributed by atoms with Gasteiger partial charge in [-0.3, -0.25) is 14.7 Å². The zero-order valence-corrected chi connectivity index (χ0v) is 25.0. The molecule has 2 aromatic carbocycles. The third-order valence-corrected chi connectivity index (χ3v) is 7.01. The Balaban J connectivity index is 1.65. The summed E-state index contributed by atoms with van der Waals surface area (Å²) in [5.74, 6) is 0.178. The number of ether oxygens (including phenoxy) is 4. The predicted molar refractivity (Wildman–Crippen MR) is 169 cm³/mol. The van der Waals surface area contributed by atoms with Gasteiger partial charge in [0.1, 0.15) is 17.9 Å². The first kappa shape index (κ1) is 31.7. The van der Waals surface area contributed by atoms with Gasteiger partial charge in [-0.05, 0) is 30.7 Å². The Morgan fingerprint density at radius 2 is 2.02 bits per heavy atom. The number of carbonyl (C=O) groups is 1. The number of nitriles is 1. The van der Waals surface area contributed by atoms with Crippen LogP contribution in [0.15, 0.2) is 61.3 Å². The molecule has 1 atom stereocenters. The average Bonchev–Trinajstić information content (AvgIpc) is 3.52. The Kier molecular flexibility index (Phi) is 11.6. The molecular formula is C33H39N5O5. The van der Waals surface area contributed by atoms with E-state index in [9.17, 15) is 10.1 Å². The molecule has 226 valence electrons. The van der Waals surface area contributed by atoms with E-state index >= 15 is 0 Å². The first-order valence-electron chi connectivity index (χ1n) is 14.2. The van der Waals surface area contributed by atoms with Gasteiger partial charge in [0.2, 0.25) is 5.91 Å². The lowest BCUT2D eigenvalue weighted by Crippen LogP contribution is -2.31. The number of carbonyl (C=O) groups excluding carboxylic acids is 1. The van der Waals surface area contributed by atoms with E-state index in [0.29, 0.717) is 66.6 Å². The molecule has 1 aromatic heterocycles. The number of benzene rings is 2. The van der Waals surface area contributed by atoms with Gasteiger partial charge in [0.05, 0.1) is 48.9 Å². The lowest BCUT2D eigenvalue weighted by molar-refractivity contribution is -0.111. The van der Waals surface area contributed by atoms with E-state index in [-0.39, 0.29) is 12.0 Å². The second-order valence-electron chi connectivity index (χ2n) is 10.3. The van der Waals surface area contributed by atoms with Crippen LogP contribution in [0.5, 0.6) is 5.75 Å². The summed E-state index contributed by atoms with van der Waals surface area (Å²) in [5.41, 5.74) is 4.76. The maximum atomic E-state index is 13.1. The SMILES string of the molecule is C=C(C)c1cccc(Nc2c(C#N)cnc3cc(OC4CCOC4)c(NC(=O)/C=C/CN(CCOC)CCOC)cc23)c1. The number of methoxy groups -OCH3 is 2. The molecule has 1 unspecified atom stereocenters. The van der Waals surface area contributed by atoms with E-state index in [0.717, 1.165) is 36.3 Å². The first-order chi connectivity index (χ1) is 20.9. The molecule has 4 rings (SSSR count). The smallest absolute Gasteiger partial charge is 0.248 e. The lowest BCUT2D eigenvalue weighted by Gasteiger charge is -2.20. The number of fused-ring (bicyclic) bond motifs is 1. The fourth-order valence-electron chi connectivity index (χ4n) is 4.64. The Hall–Kier alpha value is -4.27. The highest BCUT2D eigenvalue weighted by molar-refractivity contribution is 6.05. The molecular weight excluding hydrogens is 546 g/mol. The fourth-order valence-corrected chi connectivity index (χ4v) is 4.64. The van der Waals surface area contributed by atoms with Crippen LogP contribution in [-0.4, -0.2) is 82.2 Å². The van der Waals surface area contributed by atoms with Crippen LogP contribution >= 0.6 is 0 Å². The molecule has 0 aliphatic carbocycles. The molecule has 1 aliphatic heterocycles. The first-order valence-corrected chi connectivity index (χ1v) is 14.2. The molecule has 10 nitrogen and oxygen atoms in total. The summed E-state index contributed by atoms with van der Waals surface area (Å²) >= 11 is 0. The van der Waals surface area contributed by atoms with Crippen molar-refractivity contribution >= 4 is 39.4 Å². The number of aromatic nitrogens is 1. The summed E-state index contributed by atoms with van der Waals surface area (Å²) < 4.78 is 22.2. The van der Waals surface area contributed by atoms with Crippen molar-refractivity contribution in [3.05, 3.63) is 72.5 Å². The van der Waals surface area contributed by atoms with Crippen LogP contribution in [0, 0.1) is 11.3 Å². The van der Waals surface area contributed by atoms with Crippen molar-refractivity contribution in [2.24, 2.45) is 0 Å². The molecule has 1 saturated heterocycles. The fraction of sp³-hybridized carbons (Fsp3) is 0.364. The molecule has 0 radical (unpaired) electrons. The molecule has 0 saturated carbocycles. The van der Waals surface area contributed by atoms with Crippen molar-refractivity contribution < 1.29 is 23.7 Å². The number of anilines is 3. The van der Waals surface area contributed by atoms with Gasteiger partial charge >= 0.3 is 0 Å². The molecule has 1 fully saturated rings. The summed E-state index contributed by atoms with van der Waals surface area (Å²) in [7, 11) is 3.32. The van der Waals surface area contributed by atoms with E-state index in [4.69, 9.17) is 18.9 Å². The molecule has 2 heterocycles. The zero-order chi connectivity index (χ0) is 30.6. The Morgan fingerprint density at radius 3 is 2.70 bits per heavy atom. The van der Waals surface area contributed by atoms with Crippen molar-refractivity contribution in [1.82, 2.24) is 9.88 Å². The van der Waals surface area contributed by atoms with Crippen LogP contribution in [-0.2, 0) is 19.0 Å². The molecule has 43 heavy (non-hydrogen) atoms. The van der Waals surface area contributed by atoms with E-state index in [1.54, 1.807) is 26.4 Å². The van der Waals surface area contributed by atoms with Gasteiger partial charge in [0.15, 0.2) is 0 Å². The van der Waals surface area contributed by atoms with E-state index < -0.39 is 0 Å². The van der Waals surface area contributed by atoms with E-state index in [2.05, 4.69) is 33.2 Å². The number of allylic oxidation sites excluding steroid dienone is 1. The standard InChI is InChI=1S/C33H39N5O5/c1-23(2)24-7-5-8-26(17-24)36-33-25(20-34)21-35-29-19-31(43-27-10-14-42-22-27)30(18-28(29)33)37-32(39)9-6-11-38(12-15-40-3)13-16-41-4/h5-9,17-19,21,27H,1,10-16,22H2,2-4H3,(H,35,36)(H,37,39)/b9-6+. The number of rotatable bonds is 15. The summed E-state index contributed by atoms with van der Waals surface area (Å²) in [5, 5.41) is 17.0. The number of hydrogen-bond acceptors (Lipinski definition) is 9. The van der Waals surface area contributed by atoms with Crippen molar-refractivity contribution in [2.45, 2.75) is 19.4 Å². The summed E-state index contributed by atoms with van der Waals surface area (Å²) in [4.78, 5) is 19.8. The average molecular weight is 586 g/mol. The van der Waals surface area contributed by atoms with Gasteiger partial charge in [0, 0.05) is 69.7 Å². The largest absolute Gasteiger partial charge is 0.486 e. The third-order valence-electron chi connectivity index (χ3n) is 7.01. The van der Waals surface area contributed by atoms with Gasteiger partial charge in [-0.1, -0.05) is 30.4 Å². The quantitative estimate of drug-likeness (QED) is 0.234. The van der Waals surface area contributed by atoms with Crippen LogP contribution in [0.25, 0.3) is 16.5 Å². The lowest BCUT2D eigenvalue weighted by atomic mass is 10.1. The van der Waals surface area contributed by atoms with Gasteiger partial charge in [-0.2, -0.15) is 5.26 Å². The van der Waals surface area contributed by atoms with Crippen LogP contribution < -0.4 is 15.4 Å². The summed E-state index contributed by atoms with van der Waals surface area (Å²) in [6.07, 6.45) is 5.46. The number of hydrogen-bond donors (Lipinski definition) is 2. The molecule has 3 aromatic rings. The van der Waals surface area contributed by atoms with Crippen LogP contribution in [0.2, 0.25) is 0 Å². The van der Waals surface area contributed by atoms with Crippen molar-refractivity contribution in [3.63, 3.8) is 0 Å². The highest BCUT2D eigenvalue weighted by atomic mass is 16.5. The third kappa shape index (κ3) is 8.86. The molecule has 0 spiro atoms. The molecule has 1 aliphatic rings. The van der Waals surface area contributed by atoms with Crippen molar-refractivity contribution in [1.29, 1.82) is 5.26 Å². The number of nitrogens with one attached hydrogen (secondary N) is 2. The second-order valence-corrected chi connectivity index (χ2v) is 10.3. The number of amides is 1.